The normalized spacial score (nSPS) is 12.1. The van der Waals surface area contributed by atoms with Gasteiger partial charge in [-0.25, -0.2) is 4.79 Å². The lowest BCUT2D eigenvalue weighted by atomic mass is 10.1. The zero-order chi connectivity index (χ0) is 16.4. The fourth-order valence-electron chi connectivity index (χ4n) is 1.46. The number of nitrogens with two attached hydrogens (primary N) is 1. The summed E-state index contributed by atoms with van der Waals surface area (Å²) in [5.74, 6) is -2.19. The summed E-state index contributed by atoms with van der Waals surface area (Å²) in [5, 5.41) is 10.5. The highest BCUT2D eigenvalue weighted by Gasteiger charge is 2.34. The van der Waals surface area contributed by atoms with Gasteiger partial charge in [-0.15, -0.1) is 0 Å². The highest BCUT2D eigenvalue weighted by atomic mass is 35.5. The summed E-state index contributed by atoms with van der Waals surface area (Å²) in [6.45, 7) is 1.06. The average molecular weight is 323 g/mol. The van der Waals surface area contributed by atoms with Crippen LogP contribution < -0.4 is 11.1 Å². The predicted octanol–water partition coefficient (Wildman–Crippen LogP) is 2.50. The van der Waals surface area contributed by atoms with Crippen LogP contribution in [0.3, 0.4) is 0 Å². The molecule has 9 heteroatoms. The van der Waals surface area contributed by atoms with Crippen molar-refractivity contribution in [2.45, 2.75) is 13.1 Å². The van der Waals surface area contributed by atoms with Crippen molar-refractivity contribution in [2.24, 2.45) is 0 Å². The van der Waals surface area contributed by atoms with Crippen molar-refractivity contribution in [3.63, 3.8) is 0 Å². The van der Waals surface area contributed by atoms with E-state index in [0.717, 1.165) is 19.1 Å². The molecular weight excluding hydrogens is 313 g/mol. The first kappa shape index (κ1) is 16.8. The molecular formula is C12H10ClF3N2O3. The smallest absolute Gasteiger partial charge is 0.418 e. The molecule has 0 saturated heterocycles. The van der Waals surface area contributed by atoms with Crippen molar-refractivity contribution in [2.75, 3.05) is 5.73 Å². The number of hydrogen-bond donors (Lipinski definition) is 3. The van der Waals surface area contributed by atoms with Crippen LogP contribution in [0, 0.1) is 0 Å². The maximum atomic E-state index is 12.8. The van der Waals surface area contributed by atoms with Crippen LogP contribution in [0.1, 0.15) is 18.1 Å². The van der Waals surface area contributed by atoms with E-state index in [-0.39, 0.29) is 10.6 Å². The second kappa shape index (κ2) is 6.04. The van der Waals surface area contributed by atoms with Gasteiger partial charge in [0.1, 0.15) is 5.70 Å². The van der Waals surface area contributed by atoms with E-state index >= 15 is 0 Å². The number of rotatable bonds is 3. The van der Waals surface area contributed by atoms with Crippen LogP contribution in [-0.2, 0) is 15.8 Å². The number of halogens is 4. The standard InChI is InChI=1S/C12H10ClF3N2O3/c1-5(19)18-9(11(20)21)4-6-2-7(12(14,15)16)10(17)8(13)3-6/h2-4H,17H2,1H3,(H,18,19)(H,20,21)/b9-4-. The molecule has 21 heavy (non-hydrogen) atoms. The summed E-state index contributed by atoms with van der Waals surface area (Å²) in [7, 11) is 0. The number of nitrogen functional groups attached to an aromatic ring is 1. The van der Waals surface area contributed by atoms with Crippen LogP contribution in [0.15, 0.2) is 17.8 Å². The van der Waals surface area contributed by atoms with Gasteiger partial charge >= 0.3 is 12.1 Å². The highest BCUT2D eigenvalue weighted by molar-refractivity contribution is 6.33. The van der Waals surface area contributed by atoms with Gasteiger partial charge in [0, 0.05) is 6.92 Å². The highest BCUT2D eigenvalue weighted by Crippen LogP contribution is 2.38. The molecule has 1 aromatic rings. The molecule has 0 atom stereocenters. The molecule has 0 aromatic heterocycles. The summed E-state index contributed by atoms with van der Waals surface area (Å²) in [6, 6.07) is 1.71. The van der Waals surface area contributed by atoms with E-state index in [1.165, 1.54) is 0 Å². The van der Waals surface area contributed by atoms with Gasteiger partial charge in [-0.05, 0) is 23.8 Å². The summed E-state index contributed by atoms with van der Waals surface area (Å²) < 4.78 is 38.3. The lowest BCUT2D eigenvalue weighted by molar-refractivity contribution is -0.137. The fraction of sp³-hybridized carbons (Fsp3) is 0.167. The summed E-state index contributed by atoms with van der Waals surface area (Å²) in [5.41, 5.74) is 2.66. The van der Waals surface area contributed by atoms with Gasteiger partial charge in [-0.3, -0.25) is 4.79 Å². The molecule has 0 fully saturated rings. The maximum Gasteiger partial charge on any atom is 0.418 e. The minimum atomic E-state index is -4.74. The molecule has 0 aliphatic carbocycles. The first-order valence-electron chi connectivity index (χ1n) is 5.41. The van der Waals surface area contributed by atoms with E-state index in [1.807, 2.05) is 5.32 Å². The van der Waals surface area contributed by atoms with Crippen molar-refractivity contribution in [3.05, 3.63) is 34.0 Å². The number of carbonyl (C=O) groups is 2. The van der Waals surface area contributed by atoms with E-state index in [9.17, 15) is 22.8 Å². The van der Waals surface area contributed by atoms with Crippen LogP contribution >= 0.6 is 11.6 Å². The van der Waals surface area contributed by atoms with Gasteiger partial charge in [-0.1, -0.05) is 11.6 Å². The van der Waals surface area contributed by atoms with Crippen molar-refractivity contribution in [1.82, 2.24) is 5.32 Å². The van der Waals surface area contributed by atoms with E-state index in [1.54, 1.807) is 0 Å². The molecule has 1 amide bonds. The Morgan fingerprint density at radius 2 is 1.95 bits per heavy atom. The van der Waals surface area contributed by atoms with Crippen LogP contribution in [0.2, 0.25) is 5.02 Å². The SMILES string of the molecule is CC(=O)N/C(=C\c1cc(Cl)c(N)c(C(F)(F)F)c1)C(=O)O. The summed E-state index contributed by atoms with van der Waals surface area (Å²) in [6.07, 6.45) is -3.89. The van der Waals surface area contributed by atoms with Crippen molar-refractivity contribution in [3.8, 4) is 0 Å². The molecule has 0 aliphatic rings. The Morgan fingerprint density at radius 1 is 1.38 bits per heavy atom. The predicted molar refractivity (Wildman–Crippen MR) is 70.3 cm³/mol. The molecule has 0 radical (unpaired) electrons. The Balaban J connectivity index is 3.40. The summed E-state index contributed by atoms with van der Waals surface area (Å²) >= 11 is 5.60. The molecule has 0 heterocycles. The lowest BCUT2D eigenvalue weighted by Crippen LogP contribution is -2.24. The molecule has 1 rings (SSSR count). The Kier molecular flexibility index (Phi) is 4.84. The van der Waals surface area contributed by atoms with E-state index in [2.05, 4.69) is 0 Å². The topological polar surface area (TPSA) is 92.4 Å². The zero-order valence-electron chi connectivity index (χ0n) is 10.6. The number of hydrogen-bond acceptors (Lipinski definition) is 3. The third-order valence-electron chi connectivity index (χ3n) is 2.31. The zero-order valence-corrected chi connectivity index (χ0v) is 11.3. The molecule has 1 aromatic carbocycles. The number of anilines is 1. The molecule has 4 N–H and O–H groups in total. The molecule has 0 saturated carbocycles. The molecule has 0 bridgehead atoms. The van der Waals surface area contributed by atoms with Crippen LogP contribution in [0.4, 0.5) is 18.9 Å². The summed E-state index contributed by atoms with van der Waals surface area (Å²) in [4.78, 5) is 21.8. The van der Waals surface area contributed by atoms with Gasteiger partial charge < -0.3 is 16.2 Å². The lowest BCUT2D eigenvalue weighted by Gasteiger charge is -2.12. The van der Waals surface area contributed by atoms with E-state index < -0.39 is 35.0 Å². The Bertz CT molecular complexity index is 627. The number of amides is 1. The molecule has 0 unspecified atom stereocenters. The van der Waals surface area contributed by atoms with Crippen LogP contribution in [0.5, 0.6) is 0 Å². The third-order valence-corrected chi connectivity index (χ3v) is 2.62. The van der Waals surface area contributed by atoms with Crippen molar-refractivity contribution >= 4 is 35.2 Å². The third kappa shape index (κ3) is 4.38. The Hall–Kier alpha value is -2.22. The van der Waals surface area contributed by atoms with E-state index in [0.29, 0.717) is 6.07 Å². The van der Waals surface area contributed by atoms with Crippen LogP contribution in [-0.4, -0.2) is 17.0 Å². The number of nitrogens with one attached hydrogen (secondary N) is 1. The van der Waals surface area contributed by atoms with Gasteiger partial charge in [0.05, 0.1) is 16.3 Å². The van der Waals surface area contributed by atoms with Crippen molar-refractivity contribution in [1.29, 1.82) is 0 Å². The van der Waals surface area contributed by atoms with Gasteiger partial charge in [0.25, 0.3) is 0 Å². The number of aliphatic carboxylic acids is 1. The quantitative estimate of drug-likeness (QED) is 0.589. The van der Waals surface area contributed by atoms with Crippen LogP contribution in [0.25, 0.3) is 6.08 Å². The number of benzene rings is 1. The Labute approximate surface area is 122 Å². The minimum Gasteiger partial charge on any atom is -0.477 e. The van der Waals surface area contributed by atoms with E-state index in [4.69, 9.17) is 22.4 Å². The monoisotopic (exact) mass is 322 g/mol. The second-order valence-electron chi connectivity index (χ2n) is 4.01. The first-order chi connectivity index (χ1) is 9.52. The number of alkyl halides is 3. The van der Waals surface area contributed by atoms with Gasteiger partial charge in [0.2, 0.25) is 5.91 Å². The number of carbonyl (C=O) groups excluding carboxylic acids is 1. The Morgan fingerprint density at radius 3 is 2.38 bits per heavy atom. The fourth-order valence-corrected chi connectivity index (χ4v) is 1.69. The number of carboxylic acids is 1. The minimum absolute atomic E-state index is 0.160. The van der Waals surface area contributed by atoms with Crippen molar-refractivity contribution < 1.29 is 27.9 Å². The second-order valence-corrected chi connectivity index (χ2v) is 4.41. The largest absolute Gasteiger partial charge is 0.477 e. The first-order valence-corrected chi connectivity index (χ1v) is 5.79. The molecule has 5 nitrogen and oxygen atoms in total. The van der Waals surface area contributed by atoms with Gasteiger partial charge in [0.15, 0.2) is 0 Å². The molecule has 114 valence electrons. The van der Waals surface area contributed by atoms with Gasteiger partial charge in [-0.2, -0.15) is 13.2 Å². The number of carboxylic acid groups (broad SMARTS) is 1. The molecule has 0 spiro atoms. The maximum absolute atomic E-state index is 12.8. The average Bonchev–Trinajstić information content (AvgIpc) is 2.30. The molecule has 0 aliphatic heterocycles.